The van der Waals surface area contributed by atoms with E-state index in [0.717, 1.165) is 24.8 Å². The van der Waals surface area contributed by atoms with Gasteiger partial charge in [0.15, 0.2) is 11.5 Å². The number of methoxy groups -OCH3 is 1. The number of ether oxygens (including phenoxy) is 2. The molecule has 1 aromatic heterocycles. The van der Waals surface area contributed by atoms with Crippen molar-refractivity contribution in [2.75, 3.05) is 12.4 Å². The van der Waals surface area contributed by atoms with E-state index in [-0.39, 0.29) is 5.91 Å². The van der Waals surface area contributed by atoms with Gasteiger partial charge in [0, 0.05) is 24.1 Å². The van der Waals surface area contributed by atoms with Crippen LogP contribution in [0.15, 0.2) is 42.7 Å². The van der Waals surface area contributed by atoms with Gasteiger partial charge in [0.1, 0.15) is 12.0 Å². The maximum Gasteiger partial charge on any atom is 0.244 e. The van der Waals surface area contributed by atoms with Gasteiger partial charge in [-0.05, 0) is 42.7 Å². The molecule has 1 amide bonds. The highest BCUT2D eigenvalue weighted by Crippen LogP contribution is 2.37. The van der Waals surface area contributed by atoms with Crippen LogP contribution in [0.1, 0.15) is 37.7 Å². The van der Waals surface area contributed by atoms with Crippen molar-refractivity contribution < 1.29 is 14.3 Å². The molecule has 0 bridgehead atoms. The largest absolute Gasteiger partial charge is 0.493 e. The Kier molecular flexibility index (Phi) is 5.92. The quantitative estimate of drug-likeness (QED) is 0.834. The van der Waals surface area contributed by atoms with Crippen molar-refractivity contribution in [1.29, 1.82) is 5.26 Å². The zero-order valence-corrected chi connectivity index (χ0v) is 15.4. The number of hydrogen-bond donors (Lipinski definition) is 1. The molecule has 1 fully saturated rings. The Morgan fingerprint density at radius 1 is 1.19 bits per heavy atom. The molecule has 1 aromatic carbocycles. The Morgan fingerprint density at radius 3 is 2.59 bits per heavy atom. The van der Waals surface area contributed by atoms with Gasteiger partial charge < -0.3 is 14.8 Å². The van der Waals surface area contributed by atoms with E-state index in [4.69, 9.17) is 9.47 Å². The number of pyridine rings is 1. The highest BCUT2D eigenvalue weighted by molar-refractivity contribution is 5.97. The fraction of sp³-hybridized carbons (Fsp3) is 0.381. The average molecular weight is 365 g/mol. The van der Waals surface area contributed by atoms with Gasteiger partial charge in [0.05, 0.1) is 13.2 Å². The predicted octanol–water partition coefficient (Wildman–Crippen LogP) is 4.08. The van der Waals surface area contributed by atoms with Crippen LogP contribution in [-0.4, -0.2) is 18.0 Å². The van der Waals surface area contributed by atoms with Gasteiger partial charge in [-0.15, -0.1) is 0 Å². The summed E-state index contributed by atoms with van der Waals surface area (Å²) in [6.07, 6.45) is 7.52. The number of hydrogen-bond acceptors (Lipinski definition) is 5. The van der Waals surface area contributed by atoms with Gasteiger partial charge in [-0.3, -0.25) is 9.78 Å². The number of nitrogens with one attached hydrogen (secondary N) is 1. The molecule has 0 unspecified atom stereocenters. The maximum absolute atomic E-state index is 12.8. The molecule has 0 saturated heterocycles. The molecule has 1 N–H and O–H groups in total. The summed E-state index contributed by atoms with van der Waals surface area (Å²) in [6.45, 7) is 0.360. The minimum Gasteiger partial charge on any atom is -0.493 e. The topological polar surface area (TPSA) is 84.2 Å². The molecule has 27 heavy (non-hydrogen) atoms. The molecule has 1 heterocycles. The molecule has 6 nitrogen and oxygen atoms in total. The maximum atomic E-state index is 12.8. The molecular formula is C21H23N3O3. The fourth-order valence-electron chi connectivity index (χ4n) is 3.30. The minimum absolute atomic E-state index is 0.241. The number of benzene rings is 1. The van der Waals surface area contributed by atoms with Crippen LogP contribution >= 0.6 is 0 Å². The minimum atomic E-state index is -0.934. The standard InChI is InChI=1S/C21H23N3O3/c1-26-18-6-5-17(13-19(18)27-14-16-7-11-23-12-8-16)24-20(25)21(15-22)9-3-2-4-10-21/h5-8,11-13H,2-4,9-10,14H2,1H3,(H,24,25). The third-order valence-corrected chi connectivity index (χ3v) is 4.92. The smallest absolute Gasteiger partial charge is 0.244 e. The van der Waals surface area contributed by atoms with Gasteiger partial charge in [0.2, 0.25) is 5.91 Å². The number of nitrogens with zero attached hydrogens (tertiary/aromatic N) is 2. The van der Waals surface area contributed by atoms with Gasteiger partial charge >= 0.3 is 0 Å². The lowest BCUT2D eigenvalue weighted by molar-refractivity contribution is -0.124. The van der Waals surface area contributed by atoms with Crippen LogP contribution in [-0.2, 0) is 11.4 Å². The van der Waals surface area contributed by atoms with Gasteiger partial charge in [-0.2, -0.15) is 5.26 Å². The molecule has 140 valence electrons. The van der Waals surface area contributed by atoms with E-state index in [1.165, 1.54) is 0 Å². The van der Waals surface area contributed by atoms with E-state index in [0.29, 0.717) is 36.6 Å². The third kappa shape index (κ3) is 4.37. The summed E-state index contributed by atoms with van der Waals surface area (Å²) in [4.78, 5) is 16.7. The molecule has 0 spiro atoms. The van der Waals surface area contributed by atoms with E-state index in [1.54, 1.807) is 37.7 Å². The second-order valence-electron chi connectivity index (χ2n) is 6.72. The molecular weight excluding hydrogens is 342 g/mol. The van der Waals surface area contributed by atoms with Crippen LogP contribution < -0.4 is 14.8 Å². The molecule has 1 aliphatic carbocycles. The monoisotopic (exact) mass is 365 g/mol. The Hall–Kier alpha value is -3.07. The Bertz CT molecular complexity index is 824. The molecule has 0 radical (unpaired) electrons. The summed E-state index contributed by atoms with van der Waals surface area (Å²) >= 11 is 0. The Labute approximate surface area is 159 Å². The molecule has 1 saturated carbocycles. The normalized spacial score (nSPS) is 15.4. The first-order chi connectivity index (χ1) is 13.2. The number of rotatable bonds is 6. The molecule has 1 aliphatic rings. The second kappa shape index (κ2) is 8.54. The Balaban J connectivity index is 1.74. The van der Waals surface area contributed by atoms with Crippen molar-refractivity contribution in [1.82, 2.24) is 4.98 Å². The predicted molar refractivity (Wildman–Crippen MR) is 101 cm³/mol. The highest BCUT2D eigenvalue weighted by atomic mass is 16.5. The number of aromatic nitrogens is 1. The van der Waals surface area contributed by atoms with E-state index in [2.05, 4.69) is 16.4 Å². The van der Waals surface area contributed by atoms with Crippen molar-refractivity contribution in [3.05, 3.63) is 48.3 Å². The van der Waals surface area contributed by atoms with E-state index in [9.17, 15) is 10.1 Å². The van der Waals surface area contributed by atoms with Crippen molar-refractivity contribution in [3.8, 4) is 17.6 Å². The van der Waals surface area contributed by atoms with Crippen molar-refractivity contribution in [2.24, 2.45) is 5.41 Å². The van der Waals surface area contributed by atoms with Crippen LogP contribution in [0, 0.1) is 16.7 Å². The number of amides is 1. The van der Waals surface area contributed by atoms with Crippen LogP contribution in [0.25, 0.3) is 0 Å². The zero-order valence-electron chi connectivity index (χ0n) is 15.4. The summed E-state index contributed by atoms with van der Waals surface area (Å²) in [5.41, 5.74) is 0.633. The van der Waals surface area contributed by atoms with E-state index >= 15 is 0 Å². The summed E-state index contributed by atoms with van der Waals surface area (Å²) in [6, 6.07) is 11.2. The summed E-state index contributed by atoms with van der Waals surface area (Å²) in [7, 11) is 1.57. The zero-order chi connectivity index (χ0) is 19.1. The lowest BCUT2D eigenvalue weighted by atomic mass is 9.74. The van der Waals surface area contributed by atoms with Crippen LogP contribution in [0.4, 0.5) is 5.69 Å². The SMILES string of the molecule is COc1ccc(NC(=O)C2(C#N)CCCCC2)cc1OCc1ccncc1. The van der Waals surface area contributed by atoms with E-state index in [1.807, 2.05) is 12.1 Å². The first-order valence-corrected chi connectivity index (χ1v) is 9.09. The fourth-order valence-corrected chi connectivity index (χ4v) is 3.30. The molecule has 0 atom stereocenters. The summed E-state index contributed by atoms with van der Waals surface area (Å²) < 4.78 is 11.2. The lowest BCUT2D eigenvalue weighted by Crippen LogP contribution is -2.36. The van der Waals surface area contributed by atoms with Gasteiger partial charge in [-0.25, -0.2) is 0 Å². The molecule has 6 heteroatoms. The number of carbonyl (C=O) groups excluding carboxylic acids is 1. The Morgan fingerprint density at radius 2 is 1.93 bits per heavy atom. The molecule has 0 aliphatic heterocycles. The van der Waals surface area contributed by atoms with Crippen molar-refractivity contribution >= 4 is 11.6 Å². The van der Waals surface area contributed by atoms with Crippen molar-refractivity contribution in [3.63, 3.8) is 0 Å². The van der Waals surface area contributed by atoms with Crippen LogP contribution in [0.2, 0.25) is 0 Å². The molecule has 2 aromatic rings. The van der Waals surface area contributed by atoms with Crippen LogP contribution in [0.5, 0.6) is 11.5 Å². The van der Waals surface area contributed by atoms with E-state index < -0.39 is 5.41 Å². The van der Waals surface area contributed by atoms with Crippen molar-refractivity contribution in [2.45, 2.75) is 38.7 Å². The number of anilines is 1. The van der Waals surface area contributed by atoms with Crippen LogP contribution in [0.3, 0.4) is 0 Å². The number of nitriles is 1. The lowest BCUT2D eigenvalue weighted by Gasteiger charge is -2.29. The average Bonchev–Trinajstić information content (AvgIpc) is 2.73. The molecule has 3 rings (SSSR count). The number of carbonyl (C=O) groups is 1. The summed E-state index contributed by atoms with van der Waals surface area (Å²) in [5, 5.41) is 12.5. The summed E-state index contributed by atoms with van der Waals surface area (Å²) in [5.74, 6) is 0.867. The second-order valence-corrected chi connectivity index (χ2v) is 6.72. The van der Waals surface area contributed by atoms with Gasteiger partial charge in [-0.1, -0.05) is 19.3 Å². The van der Waals surface area contributed by atoms with Gasteiger partial charge in [0.25, 0.3) is 0 Å². The first-order valence-electron chi connectivity index (χ1n) is 9.09. The highest BCUT2D eigenvalue weighted by Gasteiger charge is 2.39. The first kappa shape index (κ1) is 18.7. The third-order valence-electron chi connectivity index (χ3n) is 4.92.